The zero-order valence-electron chi connectivity index (χ0n) is 22.5. The minimum Gasteiger partial charge on any atom is -0.491 e. The number of aryl methyl sites for hydroxylation is 2. The van der Waals surface area contributed by atoms with E-state index in [1.54, 1.807) is 11.0 Å². The maximum absolute atomic E-state index is 14.1. The third-order valence-electron chi connectivity index (χ3n) is 7.30. The van der Waals surface area contributed by atoms with Gasteiger partial charge in [-0.1, -0.05) is 49.2 Å². The van der Waals surface area contributed by atoms with Crippen molar-refractivity contribution in [3.05, 3.63) is 58.6 Å². The molecule has 0 aliphatic carbocycles. The smallest absolute Gasteiger partial charge is 0.260 e. The van der Waals surface area contributed by atoms with Crippen molar-refractivity contribution in [1.29, 1.82) is 0 Å². The number of carbonyl (C=O) groups is 2. The van der Waals surface area contributed by atoms with Gasteiger partial charge in [-0.2, -0.15) is 0 Å². The first kappa shape index (κ1) is 28.2. The lowest BCUT2D eigenvalue weighted by Crippen LogP contribution is -2.62. The van der Waals surface area contributed by atoms with Crippen LogP contribution in [0.15, 0.2) is 42.5 Å². The Balaban J connectivity index is 1.50. The highest BCUT2D eigenvalue weighted by atomic mass is 35.5. The Bertz CT molecular complexity index is 1110. The van der Waals surface area contributed by atoms with Crippen LogP contribution in [0.5, 0.6) is 11.5 Å². The number of ether oxygens (including phenoxy) is 3. The molecule has 4 rings (SSSR count). The molecular weight excluding hydrogens is 504 g/mol. The van der Waals surface area contributed by atoms with E-state index in [0.717, 1.165) is 43.4 Å². The van der Waals surface area contributed by atoms with Gasteiger partial charge in [-0.15, -0.1) is 0 Å². The number of nitrogens with zero attached hydrogens (tertiary/aromatic N) is 2. The standard InChI is InChI=1S/C30H39ClN2O5/c1-3-4-15-32-16-18-36-26-11-6-5-9-24(26)10-7-8-14-30(29(32)35)22-33(17-19-38-30)28(34)21-37-27-20-23(2)12-13-25(27)31/h5-6,9,11-13,20H,3-4,7-8,10,14-19,21-22H2,1-2H3. The van der Waals surface area contributed by atoms with Gasteiger partial charge in [0.1, 0.15) is 18.1 Å². The Hall–Kier alpha value is -2.77. The SMILES string of the molecule is CCCCN1CCOc2ccccc2CCCCC2(CN(C(=O)COc3cc(C)ccc3Cl)CCO2)C1=O. The van der Waals surface area contributed by atoms with Crippen molar-refractivity contribution in [3.8, 4) is 11.5 Å². The van der Waals surface area contributed by atoms with E-state index in [-0.39, 0.29) is 25.0 Å². The molecule has 8 heteroatoms. The number of fused-ring (bicyclic) bond motifs is 1. The molecule has 0 aromatic heterocycles. The number of unbranched alkanes of at least 4 members (excludes halogenated alkanes) is 1. The van der Waals surface area contributed by atoms with Crippen LogP contribution in [0.1, 0.15) is 50.2 Å². The monoisotopic (exact) mass is 542 g/mol. The van der Waals surface area contributed by atoms with Gasteiger partial charge in [-0.25, -0.2) is 0 Å². The second-order valence-electron chi connectivity index (χ2n) is 10.2. The largest absolute Gasteiger partial charge is 0.491 e. The summed E-state index contributed by atoms with van der Waals surface area (Å²) in [4.78, 5) is 30.9. The molecule has 1 saturated heterocycles. The summed E-state index contributed by atoms with van der Waals surface area (Å²) in [5.41, 5.74) is 1.11. The molecule has 2 aliphatic rings. The third-order valence-corrected chi connectivity index (χ3v) is 7.62. The van der Waals surface area contributed by atoms with Gasteiger partial charge in [-0.05, 0) is 68.4 Å². The van der Waals surface area contributed by atoms with Gasteiger partial charge >= 0.3 is 0 Å². The number of morpholine rings is 1. The van der Waals surface area contributed by atoms with E-state index in [0.29, 0.717) is 50.0 Å². The first-order valence-corrected chi connectivity index (χ1v) is 14.1. The van der Waals surface area contributed by atoms with Crippen molar-refractivity contribution >= 4 is 23.4 Å². The first-order valence-electron chi connectivity index (χ1n) is 13.7. The van der Waals surface area contributed by atoms with Crippen molar-refractivity contribution < 1.29 is 23.8 Å². The van der Waals surface area contributed by atoms with Gasteiger partial charge in [0, 0.05) is 13.1 Å². The molecule has 2 aliphatic heterocycles. The Morgan fingerprint density at radius 1 is 1.13 bits per heavy atom. The Kier molecular flexibility index (Phi) is 9.91. The average molecular weight is 543 g/mol. The fourth-order valence-corrected chi connectivity index (χ4v) is 5.30. The van der Waals surface area contributed by atoms with Gasteiger partial charge in [0.05, 0.1) is 24.7 Å². The lowest BCUT2D eigenvalue weighted by Gasteiger charge is -2.44. The number of amides is 2. The summed E-state index contributed by atoms with van der Waals surface area (Å²) >= 11 is 6.25. The molecule has 0 N–H and O–H groups in total. The highest BCUT2D eigenvalue weighted by Crippen LogP contribution is 2.30. The number of carbonyl (C=O) groups excluding carboxylic acids is 2. The molecule has 7 nitrogen and oxygen atoms in total. The second kappa shape index (κ2) is 13.3. The van der Waals surface area contributed by atoms with Crippen molar-refractivity contribution in [3.63, 3.8) is 0 Å². The van der Waals surface area contributed by atoms with Crippen molar-refractivity contribution in [2.45, 2.75) is 58.0 Å². The molecule has 1 unspecified atom stereocenters. The summed E-state index contributed by atoms with van der Waals surface area (Å²) in [5, 5.41) is 0.465. The normalized spacial score (nSPS) is 20.8. The first-order chi connectivity index (χ1) is 18.4. The van der Waals surface area contributed by atoms with Gasteiger partial charge in [-0.3, -0.25) is 9.59 Å². The molecule has 2 aromatic rings. The number of halogens is 1. The molecule has 1 atom stereocenters. The summed E-state index contributed by atoms with van der Waals surface area (Å²) in [6.07, 6.45) is 5.01. The van der Waals surface area contributed by atoms with Gasteiger partial charge < -0.3 is 24.0 Å². The van der Waals surface area contributed by atoms with Crippen LogP contribution in [0.4, 0.5) is 0 Å². The van der Waals surface area contributed by atoms with Crippen LogP contribution in [0.3, 0.4) is 0 Å². The summed E-state index contributed by atoms with van der Waals surface area (Å²) in [6, 6.07) is 13.6. The van der Waals surface area contributed by atoms with Crippen molar-refractivity contribution in [1.82, 2.24) is 9.80 Å². The number of benzene rings is 2. The highest BCUT2D eigenvalue weighted by Gasteiger charge is 2.46. The summed E-state index contributed by atoms with van der Waals surface area (Å²) in [7, 11) is 0. The molecule has 38 heavy (non-hydrogen) atoms. The molecule has 2 aromatic carbocycles. The fourth-order valence-electron chi connectivity index (χ4n) is 5.13. The van der Waals surface area contributed by atoms with Crippen LogP contribution in [-0.2, 0) is 20.7 Å². The fraction of sp³-hybridized carbons (Fsp3) is 0.533. The van der Waals surface area contributed by atoms with E-state index < -0.39 is 5.60 Å². The van der Waals surface area contributed by atoms with E-state index in [4.69, 9.17) is 25.8 Å². The molecule has 1 fully saturated rings. The molecule has 0 saturated carbocycles. The van der Waals surface area contributed by atoms with E-state index in [1.165, 1.54) is 5.56 Å². The Morgan fingerprint density at radius 2 is 1.97 bits per heavy atom. The van der Waals surface area contributed by atoms with E-state index in [2.05, 4.69) is 13.0 Å². The summed E-state index contributed by atoms with van der Waals surface area (Å²) < 4.78 is 18.2. The molecule has 2 heterocycles. The molecule has 2 amide bonds. The van der Waals surface area contributed by atoms with Crippen LogP contribution in [0, 0.1) is 6.92 Å². The molecular formula is C30H39ClN2O5. The van der Waals surface area contributed by atoms with E-state index in [1.807, 2.05) is 42.2 Å². The molecule has 206 valence electrons. The molecule has 0 radical (unpaired) electrons. The minimum absolute atomic E-state index is 0.0523. The zero-order valence-corrected chi connectivity index (χ0v) is 23.3. The predicted octanol–water partition coefficient (Wildman–Crippen LogP) is 5.06. The predicted molar refractivity (Wildman–Crippen MR) is 148 cm³/mol. The maximum Gasteiger partial charge on any atom is 0.260 e. The number of hydrogen-bond acceptors (Lipinski definition) is 5. The Labute approximate surface area is 231 Å². The van der Waals surface area contributed by atoms with Crippen molar-refractivity contribution in [2.75, 3.05) is 46.0 Å². The molecule has 1 spiro atoms. The van der Waals surface area contributed by atoms with Crippen molar-refractivity contribution in [2.24, 2.45) is 0 Å². The zero-order chi connectivity index (χ0) is 27.0. The summed E-state index contributed by atoms with van der Waals surface area (Å²) in [6.45, 7) is 6.38. The van der Waals surface area contributed by atoms with E-state index in [9.17, 15) is 9.59 Å². The quantitative estimate of drug-likeness (QED) is 0.510. The van der Waals surface area contributed by atoms with Crippen LogP contribution < -0.4 is 9.47 Å². The highest BCUT2D eigenvalue weighted by molar-refractivity contribution is 6.32. The van der Waals surface area contributed by atoms with Crippen LogP contribution in [-0.4, -0.2) is 73.2 Å². The lowest BCUT2D eigenvalue weighted by atomic mass is 9.90. The maximum atomic E-state index is 14.1. The van der Waals surface area contributed by atoms with E-state index >= 15 is 0 Å². The average Bonchev–Trinajstić information content (AvgIpc) is 2.93. The summed E-state index contributed by atoms with van der Waals surface area (Å²) in [5.74, 6) is 1.14. The van der Waals surface area contributed by atoms with Gasteiger partial charge in [0.25, 0.3) is 11.8 Å². The van der Waals surface area contributed by atoms with Crippen LogP contribution in [0.25, 0.3) is 0 Å². The van der Waals surface area contributed by atoms with Crippen LogP contribution >= 0.6 is 11.6 Å². The van der Waals surface area contributed by atoms with Gasteiger partial charge in [0.15, 0.2) is 12.2 Å². The number of hydrogen-bond donors (Lipinski definition) is 0. The minimum atomic E-state index is -1.07. The lowest BCUT2D eigenvalue weighted by molar-refractivity contribution is -0.177. The Morgan fingerprint density at radius 3 is 2.82 bits per heavy atom. The van der Waals surface area contributed by atoms with Crippen LogP contribution in [0.2, 0.25) is 5.02 Å². The number of rotatable bonds is 6. The third kappa shape index (κ3) is 7.00. The molecule has 0 bridgehead atoms. The van der Waals surface area contributed by atoms with Gasteiger partial charge in [0.2, 0.25) is 0 Å². The topological polar surface area (TPSA) is 68.3 Å². The number of para-hydroxylation sites is 1. The second-order valence-corrected chi connectivity index (χ2v) is 10.6.